The lowest BCUT2D eigenvalue weighted by molar-refractivity contribution is -0.140. The van der Waals surface area contributed by atoms with Crippen LogP contribution in [0.25, 0.3) is 0 Å². The molecule has 18 heavy (non-hydrogen) atoms. The fourth-order valence-corrected chi connectivity index (χ4v) is 2.08. The molecule has 0 aliphatic heterocycles. The molecule has 0 radical (unpaired) electrons. The van der Waals surface area contributed by atoms with Gasteiger partial charge in [-0.15, -0.1) is 0 Å². The van der Waals surface area contributed by atoms with Gasteiger partial charge in [-0.1, -0.05) is 18.9 Å². The standard InChI is InChI=1S/C13H15F4N/c1-18-12(6-8-2-3-8)9-4-5-11(14)10(7-9)13(15,16)17/h4-5,7-8,12,18H,2-3,6H2,1H3. The van der Waals surface area contributed by atoms with Crippen LogP contribution >= 0.6 is 0 Å². The molecular weight excluding hydrogens is 246 g/mol. The highest BCUT2D eigenvalue weighted by molar-refractivity contribution is 5.29. The van der Waals surface area contributed by atoms with Gasteiger partial charge >= 0.3 is 6.18 Å². The van der Waals surface area contributed by atoms with Crippen molar-refractivity contribution >= 4 is 0 Å². The number of rotatable bonds is 4. The van der Waals surface area contributed by atoms with Crippen LogP contribution in [0.3, 0.4) is 0 Å². The van der Waals surface area contributed by atoms with Crippen molar-refractivity contribution in [3.8, 4) is 0 Å². The second kappa shape index (κ2) is 4.88. The van der Waals surface area contributed by atoms with Gasteiger partial charge in [0.2, 0.25) is 0 Å². The maximum absolute atomic E-state index is 13.2. The molecule has 1 saturated carbocycles. The zero-order valence-corrected chi connectivity index (χ0v) is 10.0. The molecule has 0 bridgehead atoms. The van der Waals surface area contributed by atoms with Gasteiger partial charge < -0.3 is 5.32 Å². The Morgan fingerprint density at radius 1 is 1.33 bits per heavy atom. The van der Waals surface area contributed by atoms with Gasteiger partial charge in [-0.3, -0.25) is 0 Å². The van der Waals surface area contributed by atoms with Crippen molar-refractivity contribution < 1.29 is 17.6 Å². The van der Waals surface area contributed by atoms with E-state index in [9.17, 15) is 17.6 Å². The lowest BCUT2D eigenvalue weighted by Crippen LogP contribution is -2.18. The summed E-state index contributed by atoms with van der Waals surface area (Å²) in [5.41, 5.74) is -0.686. The summed E-state index contributed by atoms with van der Waals surface area (Å²) in [6.07, 6.45) is -1.57. The predicted molar refractivity (Wildman–Crippen MR) is 60.5 cm³/mol. The fourth-order valence-electron chi connectivity index (χ4n) is 2.08. The van der Waals surface area contributed by atoms with Gasteiger partial charge in [-0.25, -0.2) is 4.39 Å². The Morgan fingerprint density at radius 3 is 2.50 bits per heavy atom. The van der Waals surface area contributed by atoms with E-state index in [0.717, 1.165) is 31.4 Å². The molecule has 1 aliphatic carbocycles. The second-order valence-electron chi connectivity index (χ2n) is 4.76. The summed E-state index contributed by atoms with van der Waals surface area (Å²) in [6, 6.07) is 3.10. The Hall–Kier alpha value is -1.10. The number of hydrogen-bond acceptors (Lipinski definition) is 1. The molecule has 1 nitrogen and oxygen atoms in total. The van der Waals surface area contributed by atoms with Gasteiger partial charge in [-0.05, 0) is 37.1 Å². The topological polar surface area (TPSA) is 12.0 Å². The molecule has 1 aromatic carbocycles. The van der Waals surface area contributed by atoms with Crippen LogP contribution in [0.2, 0.25) is 0 Å². The van der Waals surface area contributed by atoms with E-state index in [1.807, 2.05) is 0 Å². The summed E-state index contributed by atoms with van der Waals surface area (Å²) in [4.78, 5) is 0. The summed E-state index contributed by atoms with van der Waals surface area (Å²) in [5.74, 6) is -0.630. The van der Waals surface area contributed by atoms with E-state index >= 15 is 0 Å². The third-order valence-electron chi connectivity index (χ3n) is 3.31. The van der Waals surface area contributed by atoms with E-state index in [2.05, 4.69) is 5.32 Å². The molecule has 0 amide bonds. The number of halogens is 4. The van der Waals surface area contributed by atoms with Crippen molar-refractivity contribution in [1.29, 1.82) is 0 Å². The maximum Gasteiger partial charge on any atom is 0.419 e. The normalized spacial score (nSPS) is 17.8. The van der Waals surface area contributed by atoms with Crippen molar-refractivity contribution in [3.05, 3.63) is 35.1 Å². The first-order chi connectivity index (χ1) is 8.41. The fraction of sp³-hybridized carbons (Fsp3) is 0.538. The predicted octanol–water partition coefficient (Wildman–Crippen LogP) is 3.91. The number of alkyl halides is 3. The number of benzene rings is 1. The molecule has 0 heterocycles. The smallest absolute Gasteiger partial charge is 0.313 e. The Kier molecular flexibility index (Phi) is 3.61. The average molecular weight is 261 g/mol. The highest BCUT2D eigenvalue weighted by atomic mass is 19.4. The van der Waals surface area contributed by atoms with Crippen LogP contribution in [0.5, 0.6) is 0 Å². The van der Waals surface area contributed by atoms with Crippen molar-refractivity contribution in [2.45, 2.75) is 31.5 Å². The molecule has 1 N–H and O–H groups in total. The third kappa shape index (κ3) is 3.02. The van der Waals surface area contributed by atoms with Crippen molar-refractivity contribution in [2.75, 3.05) is 7.05 Å². The summed E-state index contributed by atoms with van der Waals surface area (Å²) < 4.78 is 51.0. The molecule has 1 aliphatic rings. The van der Waals surface area contributed by atoms with Crippen molar-refractivity contribution in [1.82, 2.24) is 5.32 Å². The molecular formula is C13H15F4N. The van der Waals surface area contributed by atoms with Crippen LogP contribution in [-0.4, -0.2) is 7.05 Å². The Labute approximate surface area is 103 Å². The first-order valence-electron chi connectivity index (χ1n) is 5.95. The quantitative estimate of drug-likeness (QED) is 0.810. The minimum atomic E-state index is -4.64. The van der Waals surface area contributed by atoms with Gasteiger partial charge in [0.1, 0.15) is 5.82 Å². The van der Waals surface area contributed by atoms with Gasteiger partial charge in [0, 0.05) is 6.04 Å². The molecule has 5 heteroatoms. The maximum atomic E-state index is 13.2. The molecule has 100 valence electrons. The van der Waals surface area contributed by atoms with Gasteiger partial charge in [0.15, 0.2) is 0 Å². The third-order valence-corrected chi connectivity index (χ3v) is 3.31. The second-order valence-corrected chi connectivity index (χ2v) is 4.76. The minimum Gasteiger partial charge on any atom is -0.313 e. The molecule has 1 unspecified atom stereocenters. The zero-order chi connectivity index (χ0) is 13.3. The van der Waals surface area contributed by atoms with E-state index in [0.29, 0.717) is 11.5 Å². The lowest BCUT2D eigenvalue weighted by atomic mass is 9.99. The Balaban J connectivity index is 2.26. The summed E-state index contributed by atoms with van der Waals surface area (Å²) >= 11 is 0. The first kappa shape index (κ1) is 13.3. The van der Waals surface area contributed by atoms with E-state index in [1.54, 1.807) is 7.05 Å². The largest absolute Gasteiger partial charge is 0.419 e. The van der Waals surface area contributed by atoms with Gasteiger partial charge in [-0.2, -0.15) is 13.2 Å². The lowest BCUT2D eigenvalue weighted by Gasteiger charge is -2.18. The van der Waals surface area contributed by atoms with E-state index in [1.165, 1.54) is 6.07 Å². The summed E-state index contributed by atoms with van der Waals surface area (Å²) in [5, 5.41) is 3.00. The zero-order valence-electron chi connectivity index (χ0n) is 10.0. The number of hydrogen-bond donors (Lipinski definition) is 1. The molecule has 0 spiro atoms. The van der Waals surface area contributed by atoms with Crippen LogP contribution < -0.4 is 5.32 Å². The summed E-state index contributed by atoms with van der Waals surface area (Å²) in [7, 11) is 1.71. The van der Waals surface area contributed by atoms with Crippen LogP contribution in [0, 0.1) is 11.7 Å². The van der Waals surface area contributed by atoms with Crippen LogP contribution in [0.1, 0.15) is 36.4 Å². The Bertz CT molecular complexity index is 423. The highest BCUT2D eigenvalue weighted by Crippen LogP contribution is 2.39. The monoisotopic (exact) mass is 261 g/mol. The molecule has 2 rings (SSSR count). The average Bonchev–Trinajstić information content (AvgIpc) is 3.09. The van der Waals surface area contributed by atoms with Gasteiger partial charge in [0.05, 0.1) is 5.56 Å². The van der Waals surface area contributed by atoms with Crippen LogP contribution in [-0.2, 0) is 6.18 Å². The summed E-state index contributed by atoms with van der Waals surface area (Å²) in [6.45, 7) is 0. The van der Waals surface area contributed by atoms with E-state index in [-0.39, 0.29) is 6.04 Å². The van der Waals surface area contributed by atoms with E-state index < -0.39 is 17.6 Å². The Morgan fingerprint density at radius 2 is 2.00 bits per heavy atom. The SMILES string of the molecule is CNC(CC1CC1)c1ccc(F)c(C(F)(F)F)c1. The van der Waals surface area contributed by atoms with Crippen LogP contribution in [0.4, 0.5) is 17.6 Å². The van der Waals surface area contributed by atoms with Gasteiger partial charge in [0.25, 0.3) is 0 Å². The minimum absolute atomic E-state index is 0.140. The van der Waals surface area contributed by atoms with Crippen molar-refractivity contribution in [2.24, 2.45) is 5.92 Å². The molecule has 1 atom stereocenters. The van der Waals surface area contributed by atoms with Crippen molar-refractivity contribution in [3.63, 3.8) is 0 Å². The van der Waals surface area contributed by atoms with Crippen LogP contribution in [0.15, 0.2) is 18.2 Å². The molecule has 1 fully saturated rings. The molecule has 0 saturated heterocycles. The highest BCUT2D eigenvalue weighted by Gasteiger charge is 2.35. The first-order valence-corrected chi connectivity index (χ1v) is 5.95. The molecule has 0 aromatic heterocycles. The van der Waals surface area contributed by atoms with E-state index in [4.69, 9.17) is 0 Å². The number of nitrogens with one attached hydrogen (secondary N) is 1. The molecule has 1 aromatic rings.